The lowest BCUT2D eigenvalue weighted by Crippen LogP contribution is -3.11. The van der Waals surface area contributed by atoms with Crippen LogP contribution in [0.5, 0.6) is 0 Å². The Kier molecular flexibility index (Phi) is 2.66. The van der Waals surface area contributed by atoms with Crippen molar-refractivity contribution in [3.05, 3.63) is 71.3 Å². The maximum Gasteiger partial charge on any atom is 0.114 e. The summed E-state index contributed by atoms with van der Waals surface area (Å²) in [5.74, 6) is 0.585. The maximum absolute atomic E-state index is 2.36. The van der Waals surface area contributed by atoms with Crippen molar-refractivity contribution in [1.29, 1.82) is 0 Å². The standard InChI is InChI=1S/C18H19N/c1-2-7-14(8-3-1)17-13-19-12-6-11-18(19)16-10-5-4-9-15(16)17/h1-5,7-10,17-18H,6,11-13H2/p+1/t17-,18+/m1/s1. The van der Waals surface area contributed by atoms with E-state index in [9.17, 15) is 0 Å². The zero-order chi connectivity index (χ0) is 12.7. The lowest BCUT2D eigenvalue weighted by molar-refractivity contribution is -0.921. The van der Waals surface area contributed by atoms with Gasteiger partial charge in [-0.2, -0.15) is 0 Å². The number of rotatable bonds is 1. The van der Waals surface area contributed by atoms with Gasteiger partial charge >= 0.3 is 0 Å². The molecule has 19 heavy (non-hydrogen) atoms. The van der Waals surface area contributed by atoms with Crippen LogP contribution >= 0.6 is 0 Å². The first-order valence-corrected chi connectivity index (χ1v) is 7.42. The van der Waals surface area contributed by atoms with Crippen molar-refractivity contribution in [3.8, 4) is 0 Å². The topological polar surface area (TPSA) is 4.44 Å². The molecule has 0 amide bonds. The van der Waals surface area contributed by atoms with E-state index in [1.807, 2.05) is 0 Å². The molecule has 0 spiro atoms. The van der Waals surface area contributed by atoms with Gasteiger partial charge in [0.1, 0.15) is 6.04 Å². The second-order valence-corrected chi connectivity index (χ2v) is 5.90. The van der Waals surface area contributed by atoms with Crippen LogP contribution in [0, 0.1) is 0 Å². The second-order valence-electron chi connectivity index (χ2n) is 5.90. The van der Waals surface area contributed by atoms with Gasteiger partial charge in [0.15, 0.2) is 0 Å². The molecule has 2 aliphatic heterocycles. The van der Waals surface area contributed by atoms with Gasteiger partial charge in [-0.05, 0) is 11.1 Å². The van der Waals surface area contributed by atoms with Crippen LogP contribution in [0.3, 0.4) is 0 Å². The summed E-state index contributed by atoms with van der Waals surface area (Å²) < 4.78 is 0. The van der Waals surface area contributed by atoms with Gasteiger partial charge in [0.2, 0.25) is 0 Å². The SMILES string of the molecule is c1ccc([C@H]2C[NH+]3CCC[C@H]3c3ccccc32)cc1. The van der Waals surface area contributed by atoms with Gasteiger partial charge in [-0.25, -0.2) is 0 Å². The minimum atomic E-state index is 0.585. The molecule has 0 aromatic heterocycles. The van der Waals surface area contributed by atoms with E-state index in [1.54, 1.807) is 16.0 Å². The molecule has 1 heteroatoms. The van der Waals surface area contributed by atoms with Crippen molar-refractivity contribution in [2.75, 3.05) is 13.1 Å². The number of hydrogen-bond donors (Lipinski definition) is 1. The molecular weight excluding hydrogens is 230 g/mol. The monoisotopic (exact) mass is 250 g/mol. The van der Waals surface area contributed by atoms with Gasteiger partial charge in [0.25, 0.3) is 0 Å². The largest absolute Gasteiger partial charge is 0.328 e. The minimum Gasteiger partial charge on any atom is -0.328 e. The van der Waals surface area contributed by atoms with Crippen molar-refractivity contribution in [2.45, 2.75) is 24.8 Å². The molecule has 0 aliphatic carbocycles. The number of hydrogen-bond acceptors (Lipinski definition) is 0. The fourth-order valence-corrected chi connectivity index (χ4v) is 4.03. The Balaban J connectivity index is 1.83. The highest BCUT2D eigenvalue weighted by molar-refractivity contribution is 5.40. The summed E-state index contributed by atoms with van der Waals surface area (Å²) in [5.41, 5.74) is 4.66. The molecule has 1 saturated heterocycles. The normalized spacial score (nSPS) is 28.7. The molecule has 1 fully saturated rings. The molecule has 3 atom stereocenters. The van der Waals surface area contributed by atoms with E-state index in [-0.39, 0.29) is 0 Å². The molecule has 0 bridgehead atoms. The molecule has 2 heterocycles. The molecule has 2 aromatic rings. The molecule has 4 rings (SSSR count). The predicted octanol–water partition coefficient (Wildman–Crippen LogP) is 2.55. The minimum absolute atomic E-state index is 0.585. The molecule has 0 radical (unpaired) electrons. The fourth-order valence-electron chi connectivity index (χ4n) is 4.03. The van der Waals surface area contributed by atoms with Crippen LogP contribution < -0.4 is 4.90 Å². The Hall–Kier alpha value is -1.60. The Labute approximate surface area is 114 Å². The van der Waals surface area contributed by atoms with Crippen LogP contribution in [0.1, 0.15) is 41.5 Å². The van der Waals surface area contributed by atoms with Crippen LogP contribution in [-0.2, 0) is 0 Å². The van der Waals surface area contributed by atoms with Crippen molar-refractivity contribution in [2.24, 2.45) is 0 Å². The van der Waals surface area contributed by atoms with E-state index < -0.39 is 0 Å². The molecular formula is C18H20N+. The zero-order valence-corrected chi connectivity index (χ0v) is 11.2. The summed E-state index contributed by atoms with van der Waals surface area (Å²) in [4.78, 5) is 1.80. The first kappa shape index (κ1) is 11.2. The maximum atomic E-state index is 2.36. The number of fused-ring (bicyclic) bond motifs is 3. The summed E-state index contributed by atoms with van der Waals surface area (Å²) in [5, 5.41) is 0. The summed E-state index contributed by atoms with van der Waals surface area (Å²) in [7, 11) is 0. The van der Waals surface area contributed by atoms with Gasteiger partial charge in [-0.15, -0.1) is 0 Å². The van der Waals surface area contributed by atoms with Crippen molar-refractivity contribution in [1.82, 2.24) is 0 Å². The Morgan fingerprint density at radius 3 is 2.42 bits per heavy atom. The van der Waals surface area contributed by atoms with Crippen LogP contribution in [0.2, 0.25) is 0 Å². The van der Waals surface area contributed by atoms with E-state index >= 15 is 0 Å². The third-order valence-electron chi connectivity index (χ3n) is 4.90. The molecule has 2 aliphatic rings. The van der Waals surface area contributed by atoms with Crippen molar-refractivity contribution < 1.29 is 4.90 Å². The first-order valence-electron chi connectivity index (χ1n) is 7.42. The molecule has 1 unspecified atom stereocenters. The highest BCUT2D eigenvalue weighted by Crippen LogP contribution is 2.35. The average molecular weight is 250 g/mol. The third-order valence-corrected chi connectivity index (χ3v) is 4.90. The number of nitrogens with one attached hydrogen (secondary N) is 1. The fraction of sp³-hybridized carbons (Fsp3) is 0.333. The van der Waals surface area contributed by atoms with Crippen LogP contribution in [-0.4, -0.2) is 13.1 Å². The van der Waals surface area contributed by atoms with Crippen molar-refractivity contribution >= 4 is 0 Å². The van der Waals surface area contributed by atoms with Gasteiger partial charge in [0, 0.05) is 18.4 Å². The van der Waals surface area contributed by atoms with Gasteiger partial charge in [-0.1, -0.05) is 54.6 Å². The summed E-state index contributed by atoms with van der Waals surface area (Å²) in [6, 6.07) is 20.9. The van der Waals surface area contributed by atoms with E-state index in [0.29, 0.717) is 5.92 Å². The van der Waals surface area contributed by atoms with Crippen LogP contribution in [0.15, 0.2) is 54.6 Å². The van der Waals surface area contributed by atoms with E-state index in [0.717, 1.165) is 6.04 Å². The summed E-state index contributed by atoms with van der Waals surface area (Å²) in [6.45, 7) is 2.62. The predicted molar refractivity (Wildman–Crippen MR) is 77.4 cm³/mol. The second kappa shape index (κ2) is 4.50. The average Bonchev–Trinajstić information content (AvgIpc) is 2.96. The first-order chi connectivity index (χ1) is 9.43. The molecule has 1 nitrogen and oxygen atoms in total. The Bertz CT molecular complexity index is 575. The highest BCUT2D eigenvalue weighted by Gasteiger charge is 2.39. The summed E-state index contributed by atoms with van der Waals surface area (Å²) in [6.07, 6.45) is 2.75. The van der Waals surface area contributed by atoms with Crippen LogP contribution in [0.25, 0.3) is 0 Å². The Morgan fingerprint density at radius 2 is 1.58 bits per heavy atom. The van der Waals surface area contributed by atoms with Crippen LogP contribution in [0.4, 0.5) is 0 Å². The quantitative estimate of drug-likeness (QED) is 0.793. The Morgan fingerprint density at radius 1 is 0.842 bits per heavy atom. The van der Waals surface area contributed by atoms with E-state index in [4.69, 9.17) is 0 Å². The smallest absolute Gasteiger partial charge is 0.114 e. The number of benzene rings is 2. The highest BCUT2D eigenvalue weighted by atomic mass is 15.2. The molecule has 2 aromatic carbocycles. The zero-order valence-electron chi connectivity index (χ0n) is 11.2. The number of quaternary nitrogens is 1. The van der Waals surface area contributed by atoms with Gasteiger partial charge in [-0.3, -0.25) is 0 Å². The lowest BCUT2D eigenvalue weighted by atomic mass is 9.82. The summed E-state index contributed by atoms with van der Waals surface area (Å²) >= 11 is 0. The van der Waals surface area contributed by atoms with E-state index in [1.165, 1.54) is 31.5 Å². The lowest BCUT2D eigenvalue weighted by Gasteiger charge is -2.34. The van der Waals surface area contributed by atoms with Crippen molar-refractivity contribution in [3.63, 3.8) is 0 Å². The molecule has 96 valence electrons. The van der Waals surface area contributed by atoms with Gasteiger partial charge < -0.3 is 4.90 Å². The molecule has 0 saturated carbocycles. The van der Waals surface area contributed by atoms with Gasteiger partial charge in [0.05, 0.1) is 19.0 Å². The molecule has 1 N–H and O–H groups in total. The van der Waals surface area contributed by atoms with E-state index in [2.05, 4.69) is 54.6 Å². The third kappa shape index (κ3) is 1.81.